The van der Waals surface area contributed by atoms with Gasteiger partial charge in [-0.25, -0.2) is 0 Å². The standard InChI is InChI=1S/C9H15N3/c1-2-12-8-3-4-9(11)7(5-8)6-10/h3-5,12H,2,6,10-11H2,1H3. The van der Waals surface area contributed by atoms with Crippen LogP contribution in [0.1, 0.15) is 12.5 Å². The molecule has 0 saturated heterocycles. The lowest BCUT2D eigenvalue weighted by molar-refractivity contribution is 1.07. The normalized spacial score (nSPS) is 9.83. The van der Waals surface area contributed by atoms with Crippen LogP contribution in [0.25, 0.3) is 0 Å². The molecule has 0 spiro atoms. The van der Waals surface area contributed by atoms with Gasteiger partial charge in [0.1, 0.15) is 0 Å². The Bertz CT molecular complexity index is 258. The van der Waals surface area contributed by atoms with E-state index in [1.165, 1.54) is 0 Å². The van der Waals surface area contributed by atoms with Crippen molar-refractivity contribution in [2.24, 2.45) is 5.73 Å². The van der Waals surface area contributed by atoms with Gasteiger partial charge in [0.2, 0.25) is 0 Å². The lowest BCUT2D eigenvalue weighted by Gasteiger charge is -2.07. The average Bonchev–Trinajstić information content (AvgIpc) is 2.09. The predicted molar refractivity (Wildman–Crippen MR) is 52.9 cm³/mol. The molecule has 0 aliphatic carbocycles. The molecule has 12 heavy (non-hydrogen) atoms. The first-order valence-corrected chi connectivity index (χ1v) is 4.10. The van der Waals surface area contributed by atoms with E-state index in [2.05, 4.69) is 12.2 Å². The van der Waals surface area contributed by atoms with Gasteiger partial charge in [-0.3, -0.25) is 0 Å². The summed E-state index contributed by atoms with van der Waals surface area (Å²) in [5, 5.41) is 3.20. The monoisotopic (exact) mass is 165 g/mol. The summed E-state index contributed by atoms with van der Waals surface area (Å²) < 4.78 is 0. The van der Waals surface area contributed by atoms with Crippen LogP contribution in [0, 0.1) is 0 Å². The van der Waals surface area contributed by atoms with Gasteiger partial charge in [0.15, 0.2) is 0 Å². The molecular formula is C9H15N3. The van der Waals surface area contributed by atoms with Crippen LogP contribution in [0.2, 0.25) is 0 Å². The number of rotatable bonds is 3. The van der Waals surface area contributed by atoms with Crippen LogP contribution in [-0.4, -0.2) is 6.54 Å². The number of nitrogens with one attached hydrogen (secondary N) is 1. The molecule has 66 valence electrons. The molecule has 0 aromatic heterocycles. The molecule has 0 fully saturated rings. The molecule has 5 N–H and O–H groups in total. The number of nitrogen functional groups attached to an aromatic ring is 1. The summed E-state index contributed by atoms with van der Waals surface area (Å²) in [7, 11) is 0. The van der Waals surface area contributed by atoms with E-state index in [9.17, 15) is 0 Å². The molecule has 1 rings (SSSR count). The number of anilines is 2. The summed E-state index contributed by atoms with van der Waals surface area (Å²) in [6, 6.07) is 5.82. The molecule has 0 aliphatic rings. The van der Waals surface area contributed by atoms with Crippen LogP contribution in [0.3, 0.4) is 0 Å². The maximum absolute atomic E-state index is 5.69. The minimum absolute atomic E-state index is 0.491. The molecule has 0 bridgehead atoms. The van der Waals surface area contributed by atoms with Gasteiger partial charge in [0.25, 0.3) is 0 Å². The van der Waals surface area contributed by atoms with E-state index in [1.807, 2.05) is 18.2 Å². The zero-order valence-corrected chi connectivity index (χ0v) is 7.30. The molecule has 0 saturated carbocycles. The van der Waals surface area contributed by atoms with Crippen molar-refractivity contribution < 1.29 is 0 Å². The zero-order chi connectivity index (χ0) is 8.97. The highest BCUT2D eigenvalue weighted by molar-refractivity contribution is 5.57. The third-order valence-electron chi connectivity index (χ3n) is 1.74. The second-order valence-corrected chi connectivity index (χ2v) is 2.65. The summed E-state index contributed by atoms with van der Waals surface area (Å²) >= 11 is 0. The topological polar surface area (TPSA) is 64.1 Å². The first kappa shape index (κ1) is 8.87. The summed E-state index contributed by atoms with van der Waals surface area (Å²) in [5.41, 5.74) is 14.0. The molecular weight excluding hydrogens is 150 g/mol. The SMILES string of the molecule is CCNc1ccc(N)c(CN)c1. The zero-order valence-electron chi connectivity index (χ0n) is 7.30. The van der Waals surface area contributed by atoms with E-state index in [0.717, 1.165) is 23.5 Å². The molecule has 0 aliphatic heterocycles. The van der Waals surface area contributed by atoms with Gasteiger partial charge in [-0.2, -0.15) is 0 Å². The quantitative estimate of drug-likeness (QED) is 0.589. The van der Waals surface area contributed by atoms with Crippen molar-refractivity contribution >= 4 is 11.4 Å². The van der Waals surface area contributed by atoms with Crippen LogP contribution in [0.15, 0.2) is 18.2 Å². The molecule has 0 amide bonds. The largest absolute Gasteiger partial charge is 0.398 e. The van der Waals surface area contributed by atoms with Crippen molar-refractivity contribution in [2.75, 3.05) is 17.6 Å². The molecule has 1 aromatic rings. The summed E-state index contributed by atoms with van der Waals surface area (Å²) in [5.74, 6) is 0. The summed E-state index contributed by atoms with van der Waals surface area (Å²) in [4.78, 5) is 0. The maximum Gasteiger partial charge on any atom is 0.0361 e. The third-order valence-corrected chi connectivity index (χ3v) is 1.74. The first-order chi connectivity index (χ1) is 5.77. The minimum Gasteiger partial charge on any atom is -0.398 e. The molecule has 0 unspecified atom stereocenters. The van der Waals surface area contributed by atoms with Crippen molar-refractivity contribution in [2.45, 2.75) is 13.5 Å². The third kappa shape index (κ3) is 1.89. The van der Waals surface area contributed by atoms with E-state index < -0.39 is 0 Å². The van der Waals surface area contributed by atoms with Gasteiger partial charge in [-0.05, 0) is 30.7 Å². The number of hydrogen-bond donors (Lipinski definition) is 3. The minimum atomic E-state index is 0.491. The van der Waals surface area contributed by atoms with Gasteiger partial charge in [-0.1, -0.05) is 0 Å². The van der Waals surface area contributed by atoms with Crippen molar-refractivity contribution in [1.82, 2.24) is 0 Å². The van der Waals surface area contributed by atoms with Gasteiger partial charge in [0.05, 0.1) is 0 Å². The summed E-state index contributed by atoms with van der Waals surface area (Å²) in [6.07, 6.45) is 0. The Hall–Kier alpha value is -1.22. The first-order valence-electron chi connectivity index (χ1n) is 4.10. The van der Waals surface area contributed by atoms with Crippen molar-refractivity contribution in [1.29, 1.82) is 0 Å². The van der Waals surface area contributed by atoms with Crippen LogP contribution in [0.4, 0.5) is 11.4 Å². The van der Waals surface area contributed by atoms with Crippen LogP contribution >= 0.6 is 0 Å². The second-order valence-electron chi connectivity index (χ2n) is 2.65. The molecule has 0 heterocycles. The van der Waals surface area contributed by atoms with Crippen LogP contribution in [-0.2, 0) is 6.54 Å². The molecule has 0 radical (unpaired) electrons. The molecule has 1 aromatic carbocycles. The summed E-state index contributed by atoms with van der Waals surface area (Å²) in [6.45, 7) is 3.46. The Labute approximate surface area is 72.8 Å². The molecule has 0 atom stereocenters. The average molecular weight is 165 g/mol. The smallest absolute Gasteiger partial charge is 0.0361 e. The maximum atomic E-state index is 5.69. The highest BCUT2D eigenvalue weighted by Gasteiger charge is 1.97. The lowest BCUT2D eigenvalue weighted by atomic mass is 10.1. The Balaban J connectivity index is 2.89. The Morgan fingerprint density at radius 2 is 2.17 bits per heavy atom. The predicted octanol–water partition coefficient (Wildman–Crippen LogP) is 1.16. The van der Waals surface area contributed by atoms with E-state index in [1.54, 1.807) is 0 Å². The fraction of sp³-hybridized carbons (Fsp3) is 0.333. The Kier molecular flexibility index (Phi) is 2.94. The van der Waals surface area contributed by atoms with E-state index >= 15 is 0 Å². The van der Waals surface area contributed by atoms with E-state index in [0.29, 0.717) is 6.54 Å². The molecule has 3 nitrogen and oxygen atoms in total. The van der Waals surface area contributed by atoms with Crippen molar-refractivity contribution in [3.05, 3.63) is 23.8 Å². The van der Waals surface area contributed by atoms with Gasteiger partial charge < -0.3 is 16.8 Å². The van der Waals surface area contributed by atoms with Gasteiger partial charge in [0, 0.05) is 24.5 Å². The second kappa shape index (κ2) is 3.97. The van der Waals surface area contributed by atoms with Crippen LogP contribution in [0.5, 0.6) is 0 Å². The van der Waals surface area contributed by atoms with E-state index in [-0.39, 0.29) is 0 Å². The highest BCUT2D eigenvalue weighted by atomic mass is 14.8. The van der Waals surface area contributed by atoms with Crippen molar-refractivity contribution in [3.63, 3.8) is 0 Å². The van der Waals surface area contributed by atoms with Gasteiger partial charge >= 0.3 is 0 Å². The number of nitrogens with two attached hydrogens (primary N) is 2. The lowest BCUT2D eigenvalue weighted by Crippen LogP contribution is -2.03. The Morgan fingerprint density at radius 1 is 1.42 bits per heavy atom. The number of benzene rings is 1. The highest BCUT2D eigenvalue weighted by Crippen LogP contribution is 2.16. The van der Waals surface area contributed by atoms with E-state index in [4.69, 9.17) is 11.5 Å². The number of hydrogen-bond acceptors (Lipinski definition) is 3. The van der Waals surface area contributed by atoms with Gasteiger partial charge in [-0.15, -0.1) is 0 Å². The fourth-order valence-corrected chi connectivity index (χ4v) is 1.10. The van der Waals surface area contributed by atoms with Crippen LogP contribution < -0.4 is 16.8 Å². The Morgan fingerprint density at radius 3 is 2.75 bits per heavy atom. The van der Waals surface area contributed by atoms with Crippen molar-refractivity contribution in [3.8, 4) is 0 Å². The fourth-order valence-electron chi connectivity index (χ4n) is 1.10. The molecule has 3 heteroatoms.